The summed E-state index contributed by atoms with van der Waals surface area (Å²) >= 11 is 1.42. The lowest BCUT2D eigenvalue weighted by molar-refractivity contribution is 0.601. The lowest BCUT2D eigenvalue weighted by atomic mass is 10.1. The van der Waals surface area contributed by atoms with Crippen molar-refractivity contribution >= 4 is 32.2 Å². The van der Waals surface area contributed by atoms with Crippen molar-refractivity contribution < 1.29 is 8.42 Å². The van der Waals surface area contributed by atoms with Crippen molar-refractivity contribution in [2.24, 2.45) is 0 Å². The molecule has 3 N–H and O–H groups in total. The zero-order valence-corrected chi connectivity index (χ0v) is 13.6. The second-order valence-corrected chi connectivity index (χ2v) is 7.99. The van der Waals surface area contributed by atoms with Gasteiger partial charge in [0.2, 0.25) is 0 Å². The van der Waals surface area contributed by atoms with Crippen LogP contribution < -0.4 is 10.5 Å². The predicted molar refractivity (Wildman–Crippen MR) is 85.3 cm³/mol. The summed E-state index contributed by atoms with van der Waals surface area (Å²) in [6.45, 7) is 3.54. The minimum absolute atomic E-state index is 0.151. The molecule has 3 rings (SSSR count). The van der Waals surface area contributed by atoms with E-state index < -0.39 is 10.0 Å². The van der Waals surface area contributed by atoms with E-state index in [0.717, 1.165) is 30.5 Å². The molecule has 1 heterocycles. The molecule has 0 aliphatic heterocycles. The van der Waals surface area contributed by atoms with Crippen molar-refractivity contribution in [3.05, 3.63) is 33.8 Å². The highest BCUT2D eigenvalue weighted by Crippen LogP contribution is 2.33. The number of aryl methyl sites for hydroxylation is 4. The molecule has 1 aliphatic carbocycles. The third-order valence-corrected chi connectivity index (χ3v) is 6.44. The van der Waals surface area contributed by atoms with Gasteiger partial charge in [0.15, 0.2) is 5.13 Å². The van der Waals surface area contributed by atoms with Gasteiger partial charge in [-0.3, -0.25) is 4.72 Å². The van der Waals surface area contributed by atoms with E-state index in [9.17, 15) is 8.42 Å². The van der Waals surface area contributed by atoms with Crippen molar-refractivity contribution in [1.29, 1.82) is 0 Å². The Morgan fingerprint density at radius 1 is 1.24 bits per heavy atom. The molecule has 1 aromatic carbocycles. The van der Waals surface area contributed by atoms with Gasteiger partial charge in [-0.15, -0.1) is 11.3 Å². The number of rotatable bonds is 3. The third-order valence-electron chi connectivity index (χ3n) is 3.70. The molecule has 112 valence electrons. The van der Waals surface area contributed by atoms with Crippen LogP contribution in [0.25, 0.3) is 0 Å². The lowest BCUT2D eigenvalue weighted by Crippen LogP contribution is -2.16. The van der Waals surface area contributed by atoms with Crippen molar-refractivity contribution in [3.63, 3.8) is 0 Å². The summed E-state index contributed by atoms with van der Waals surface area (Å²) < 4.78 is 27.8. The van der Waals surface area contributed by atoms with Crippen molar-refractivity contribution in [3.8, 4) is 0 Å². The molecule has 0 atom stereocenters. The van der Waals surface area contributed by atoms with Crippen LogP contribution in [0, 0.1) is 13.8 Å². The summed E-state index contributed by atoms with van der Waals surface area (Å²) in [6.07, 6.45) is 3.02. The average Bonchev–Trinajstić information content (AvgIpc) is 2.94. The highest BCUT2D eigenvalue weighted by Gasteiger charge is 2.24. The van der Waals surface area contributed by atoms with E-state index in [1.165, 1.54) is 16.2 Å². The van der Waals surface area contributed by atoms with Gasteiger partial charge in [0.05, 0.1) is 11.4 Å². The normalized spacial score (nSPS) is 14.2. The van der Waals surface area contributed by atoms with Crippen LogP contribution in [0.4, 0.5) is 10.8 Å². The molecule has 0 amide bonds. The number of hydrogen-bond acceptors (Lipinski definition) is 5. The zero-order valence-electron chi connectivity index (χ0n) is 11.9. The highest BCUT2D eigenvalue weighted by molar-refractivity contribution is 7.93. The van der Waals surface area contributed by atoms with Crippen LogP contribution in [-0.2, 0) is 22.9 Å². The first kappa shape index (κ1) is 14.3. The number of thiazole rings is 1. The third kappa shape index (κ3) is 2.51. The maximum atomic E-state index is 12.6. The first-order valence-electron chi connectivity index (χ1n) is 6.75. The van der Waals surface area contributed by atoms with Gasteiger partial charge in [0, 0.05) is 4.88 Å². The number of nitrogen functional groups attached to an aromatic ring is 1. The molecule has 0 saturated heterocycles. The summed E-state index contributed by atoms with van der Waals surface area (Å²) in [7, 11) is -3.71. The fourth-order valence-electron chi connectivity index (χ4n) is 2.56. The molecule has 1 aliphatic rings. The Bertz CT molecular complexity index is 788. The van der Waals surface area contributed by atoms with E-state index in [4.69, 9.17) is 5.73 Å². The Labute approximate surface area is 128 Å². The fraction of sp³-hybridized carbons (Fsp3) is 0.357. The second-order valence-electron chi connectivity index (χ2n) is 5.29. The number of aromatic nitrogens is 1. The number of hydrogen-bond donors (Lipinski definition) is 2. The summed E-state index contributed by atoms with van der Waals surface area (Å²) in [5, 5.41) is 0.431. The largest absolute Gasteiger partial charge is 0.397 e. The number of nitrogens with zero attached hydrogens (tertiary/aromatic N) is 1. The molecule has 0 bridgehead atoms. The quantitative estimate of drug-likeness (QED) is 0.850. The molecule has 1 aromatic heterocycles. The van der Waals surface area contributed by atoms with Crippen LogP contribution in [0.5, 0.6) is 0 Å². The van der Waals surface area contributed by atoms with Gasteiger partial charge < -0.3 is 5.73 Å². The van der Waals surface area contributed by atoms with Gasteiger partial charge in [0.1, 0.15) is 4.90 Å². The summed E-state index contributed by atoms with van der Waals surface area (Å²) in [5.74, 6) is 0. The zero-order chi connectivity index (χ0) is 15.2. The summed E-state index contributed by atoms with van der Waals surface area (Å²) in [4.78, 5) is 5.70. The Kier molecular flexibility index (Phi) is 3.41. The molecule has 0 spiro atoms. The smallest absolute Gasteiger partial charge is 0.265 e. The van der Waals surface area contributed by atoms with Crippen LogP contribution in [0.3, 0.4) is 0 Å². The van der Waals surface area contributed by atoms with Gasteiger partial charge in [-0.2, -0.15) is 0 Å². The van der Waals surface area contributed by atoms with Crippen LogP contribution in [0.15, 0.2) is 17.0 Å². The number of benzene rings is 1. The van der Waals surface area contributed by atoms with Crippen LogP contribution >= 0.6 is 11.3 Å². The second kappa shape index (κ2) is 4.99. The standard InChI is InChI=1S/C14H17N3O2S2/c1-8-6-7-9(2)13(12(8)15)21(18,19)17-14-16-10-4-3-5-11(10)20-14/h6-7H,3-5,15H2,1-2H3,(H,16,17). The molecular formula is C14H17N3O2S2. The van der Waals surface area contributed by atoms with E-state index in [1.54, 1.807) is 19.9 Å². The van der Waals surface area contributed by atoms with Gasteiger partial charge in [-0.25, -0.2) is 13.4 Å². The van der Waals surface area contributed by atoms with Crippen molar-refractivity contribution in [2.75, 3.05) is 10.5 Å². The van der Waals surface area contributed by atoms with Crippen LogP contribution in [0.2, 0.25) is 0 Å². The number of anilines is 2. The van der Waals surface area contributed by atoms with Gasteiger partial charge in [-0.05, 0) is 44.2 Å². The van der Waals surface area contributed by atoms with Crippen molar-refractivity contribution in [2.45, 2.75) is 38.0 Å². The van der Waals surface area contributed by atoms with E-state index in [2.05, 4.69) is 9.71 Å². The van der Waals surface area contributed by atoms with E-state index in [0.29, 0.717) is 16.4 Å². The SMILES string of the molecule is Cc1ccc(C)c(S(=O)(=O)Nc2nc3c(s2)CCC3)c1N. The number of nitrogens with two attached hydrogens (primary N) is 1. The fourth-order valence-corrected chi connectivity index (χ4v) is 5.28. The van der Waals surface area contributed by atoms with Gasteiger partial charge in [-0.1, -0.05) is 12.1 Å². The van der Waals surface area contributed by atoms with Gasteiger partial charge >= 0.3 is 0 Å². The Hall–Kier alpha value is -1.60. The molecule has 2 aromatic rings. The molecule has 5 nitrogen and oxygen atoms in total. The molecule has 7 heteroatoms. The number of nitrogens with one attached hydrogen (secondary N) is 1. The summed E-state index contributed by atoms with van der Waals surface area (Å²) in [5.41, 5.74) is 8.66. The highest BCUT2D eigenvalue weighted by atomic mass is 32.2. The number of sulfonamides is 1. The minimum Gasteiger partial charge on any atom is -0.397 e. The minimum atomic E-state index is -3.71. The van der Waals surface area contributed by atoms with Crippen molar-refractivity contribution in [1.82, 2.24) is 4.98 Å². The maximum absolute atomic E-state index is 12.6. The van der Waals surface area contributed by atoms with Crippen LogP contribution in [0.1, 0.15) is 28.1 Å². The summed E-state index contributed by atoms with van der Waals surface area (Å²) in [6, 6.07) is 3.59. The molecule has 21 heavy (non-hydrogen) atoms. The Morgan fingerprint density at radius 3 is 2.67 bits per heavy atom. The average molecular weight is 323 g/mol. The molecule has 0 unspecified atom stereocenters. The van der Waals surface area contributed by atoms with Gasteiger partial charge in [0.25, 0.3) is 10.0 Å². The van der Waals surface area contributed by atoms with E-state index in [1.807, 2.05) is 6.07 Å². The molecule has 0 radical (unpaired) electrons. The maximum Gasteiger partial charge on any atom is 0.265 e. The topological polar surface area (TPSA) is 85.1 Å². The molecular weight excluding hydrogens is 306 g/mol. The molecule has 0 fully saturated rings. The van der Waals surface area contributed by atoms with Crippen LogP contribution in [-0.4, -0.2) is 13.4 Å². The Morgan fingerprint density at radius 2 is 1.95 bits per heavy atom. The predicted octanol–water partition coefficient (Wildman–Crippen LogP) is 2.63. The van der Waals surface area contributed by atoms with E-state index >= 15 is 0 Å². The lowest BCUT2D eigenvalue weighted by Gasteiger charge is -2.12. The first-order chi connectivity index (χ1) is 9.88. The number of fused-ring (bicyclic) bond motifs is 1. The Balaban J connectivity index is 1.99. The first-order valence-corrected chi connectivity index (χ1v) is 9.05. The monoisotopic (exact) mass is 323 g/mol. The molecule has 0 saturated carbocycles. The van der Waals surface area contributed by atoms with E-state index in [-0.39, 0.29) is 4.90 Å².